The minimum Gasteiger partial charge on any atom is -0.492 e. The highest BCUT2D eigenvalue weighted by Gasteiger charge is 2.05. The highest BCUT2D eigenvalue weighted by atomic mass is 35.5. The van der Waals surface area contributed by atoms with Crippen LogP contribution in [0.4, 0.5) is 5.69 Å². The number of hydrogen-bond acceptors (Lipinski definition) is 3. The summed E-state index contributed by atoms with van der Waals surface area (Å²) in [5.74, 6) is 1.26. The van der Waals surface area contributed by atoms with Crippen molar-refractivity contribution in [2.24, 2.45) is 5.92 Å². The van der Waals surface area contributed by atoms with E-state index >= 15 is 0 Å². The van der Waals surface area contributed by atoms with Gasteiger partial charge in [-0.2, -0.15) is 0 Å². The van der Waals surface area contributed by atoms with Gasteiger partial charge in [-0.1, -0.05) is 31.5 Å². The molecule has 21 heavy (non-hydrogen) atoms. The summed E-state index contributed by atoms with van der Waals surface area (Å²) in [4.78, 5) is 3.97. The number of aromatic nitrogens is 1. The topological polar surface area (TPSA) is 34.1 Å². The van der Waals surface area contributed by atoms with Crippen molar-refractivity contribution in [2.75, 3.05) is 18.5 Å². The smallest absolute Gasteiger partial charge is 0.120 e. The number of rotatable bonds is 7. The molecule has 0 unspecified atom stereocenters. The Morgan fingerprint density at radius 2 is 2.00 bits per heavy atom. The van der Waals surface area contributed by atoms with Crippen molar-refractivity contribution in [3.05, 3.63) is 59.7 Å². The standard InChI is InChI=1S/C17H20ClN2O/c1-13(2)11-14-3-4-16(12-17(14)18)21-10-9-20-15-5-7-19-8-6-15/h3-8,11-13H,9-10H2,1-2H3,(H,19,20). The van der Waals surface area contributed by atoms with Crippen LogP contribution in [-0.2, 0) is 0 Å². The first-order valence-corrected chi connectivity index (χ1v) is 7.44. The van der Waals surface area contributed by atoms with Gasteiger partial charge in [0.25, 0.3) is 0 Å². The van der Waals surface area contributed by atoms with E-state index in [1.165, 1.54) is 0 Å². The molecule has 111 valence electrons. The van der Waals surface area contributed by atoms with Crippen LogP contribution >= 0.6 is 11.6 Å². The average molecular weight is 304 g/mol. The lowest BCUT2D eigenvalue weighted by molar-refractivity contribution is 0.333. The van der Waals surface area contributed by atoms with Gasteiger partial charge >= 0.3 is 0 Å². The Bertz CT molecular complexity index is 558. The second-order valence-corrected chi connectivity index (χ2v) is 5.51. The summed E-state index contributed by atoms with van der Waals surface area (Å²) in [5, 5.41) is 3.99. The van der Waals surface area contributed by atoms with Crippen LogP contribution in [0.1, 0.15) is 19.4 Å². The lowest BCUT2D eigenvalue weighted by atomic mass is 10.0. The number of benzene rings is 1. The largest absolute Gasteiger partial charge is 0.492 e. The third kappa shape index (κ3) is 5.27. The van der Waals surface area contributed by atoms with Crippen LogP contribution in [0.3, 0.4) is 0 Å². The van der Waals surface area contributed by atoms with Gasteiger partial charge in [0.1, 0.15) is 12.4 Å². The van der Waals surface area contributed by atoms with Crippen molar-refractivity contribution in [2.45, 2.75) is 13.8 Å². The molecule has 2 rings (SSSR count). The second kappa shape index (κ2) is 7.89. The Kier molecular flexibility index (Phi) is 5.88. The maximum absolute atomic E-state index is 6.25. The van der Waals surface area contributed by atoms with Gasteiger partial charge < -0.3 is 10.1 Å². The third-order valence-corrected chi connectivity index (χ3v) is 3.19. The Morgan fingerprint density at radius 1 is 1.24 bits per heavy atom. The molecule has 2 aromatic rings. The van der Waals surface area contributed by atoms with E-state index in [0.717, 1.165) is 28.6 Å². The molecule has 1 N–H and O–H groups in total. The van der Waals surface area contributed by atoms with E-state index in [-0.39, 0.29) is 0 Å². The molecular weight excluding hydrogens is 284 g/mol. The fourth-order valence-electron chi connectivity index (χ4n) is 1.93. The van der Waals surface area contributed by atoms with Crippen LogP contribution in [0.25, 0.3) is 0 Å². The van der Waals surface area contributed by atoms with Crippen LogP contribution in [0.5, 0.6) is 5.75 Å². The molecule has 0 bridgehead atoms. The van der Waals surface area contributed by atoms with Gasteiger partial charge in [-0.15, -0.1) is 0 Å². The van der Waals surface area contributed by atoms with Crippen LogP contribution in [0.15, 0.2) is 42.7 Å². The van der Waals surface area contributed by atoms with E-state index in [1.807, 2.05) is 30.3 Å². The second-order valence-electron chi connectivity index (χ2n) is 5.11. The molecule has 0 saturated carbocycles. The van der Waals surface area contributed by atoms with E-state index in [2.05, 4.69) is 30.6 Å². The zero-order chi connectivity index (χ0) is 15.1. The van der Waals surface area contributed by atoms with Crippen LogP contribution in [-0.4, -0.2) is 18.1 Å². The molecule has 4 heteroatoms. The van der Waals surface area contributed by atoms with Crippen LogP contribution < -0.4 is 10.1 Å². The predicted molar refractivity (Wildman–Crippen MR) is 87.9 cm³/mol. The van der Waals surface area contributed by atoms with Crippen molar-refractivity contribution < 1.29 is 4.74 Å². The molecular formula is C17H20ClN2O. The van der Waals surface area contributed by atoms with E-state index in [0.29, 0.717) is 12.5 Å². The van der Waals surface area contributed by atoms with Crippen LogP contribution in [0, 0.1) is 12.3 Å². The molecule has 0 amide bonds. The highest BCUT2D eigenvalue weighted by Crippen LogP contribution is 2.25. The van der Waals surface area contributed by atoms with Crippen molar-refractivity contribution in [3.8, 4) is 5.75 Å². The van der Waals surface area contributed by atoms with Gasteiger partial charge in [0.15, 0.2) is 0 Å². The van der Waals surface area contributed by atoms with Gasteiger partial charge in [0.05, 0.1) is 0 Å². The summed E-state index contributed by atoms with van der Waals surface area (Å²) in [6.45, 7) is 5.56. The van der Waals surface area contributed by atoms with Gasteiger partial charge in [-0.05, 0) is 42.2 Å². The number of ether oxygens (including phenoxy) is 1. The monoisotopic (exact) mass is 303 g/mol. The molecule has 0 fully saturated rings. The predicted octanol–water partition coefficient (Wildman–Crippen LogP) is 4.43. The molecule has 0 aliphatic heterocycles. The molecule has 0 aliphatic carbocycles. The van der Waals surface area contributed by atoms with E-state index in [1.54, 1.807) is 12.4 Å². The summed E-state index contributed by atoms with van der Waals surface area (Å²) < 4.78 is 5.69. The Hall–Kier alpha value is -1.74. The van der Waals surface area contributed by atoms with Gasteiger partial charge in [0, 0.05) is 29.6 Å². The maximum Gasteiger partial charge on any atom is 0.120 e. The Labute approximate surface area is 131 Å². The normalized spacial score (nSPS) is 10.7. The van der Waals surface area contributed by atoms with Crippen molar-refractivity contribution in [1.29, 1.82) is 0 Å². The summed E-state index contributed by atoms with van der Waals surface area (Å²) >= 11 is 6.25. The summed E-state index contributed by atoms with van der Waals surface area (Å²) in [5.41, 5.74) is 2.09. The van der Waals surface area contributed by atoms with Crippen molar-refractivity contribution >= 4 is 17.3 Å². The Balaban J connectivity index is 1.79. The Morgan fingerprint density at radius 3 is 2.67 bits per heavy atom. The van der Waals surface area contributed by atoms with Gasteiger partial charge in [-0.3, -0.25) is 4.98 Å². The maximum atomic E-state index is 6.25. The number of nitrogens with zero attached hydrogens (tertiary/aromatic N) is 1. The third-order valence-electron chi connectivity index (χ3n) is 2.87. The lowest BCUT2D eigenvalue weighted by Crippen LogP contribution is -2.11. The quantitative estimate of drug-likeness (QED) is 0.768. The minimum absolute atomic E-state index is 0.471. The fraction of sp³-hybridized carbons (Fsp3) is 0.294. The first kappa shape index (κ1) is 15.6. The van der Waals surface area contributed by atoms with Gasteiger partial charge in [-0.25, -0.2) is 0 Å². The lowest BCUT2D eigenvalue weighted by Gasteiger charge is -2.11. The van der Waals surface area contributed by atoms with E-state index < -0.39 is 0 Å². The van der Waals surface area contributed by atoms with Crippen molar-refractivity contribution in [1.82, 2.24) is 4.98 Å². The number of anilines is 1. The molecule has 0 atom stereocenters. The fourth-order valence-corrected chi connectivity index (χ4v) is 2.16. The number of hydrogen-bond donors (Lipinski definition) is 1. The molecule has 1 radical (unpaired) electrons. The minimum atomic E-state index is 0.471. The molecule has 1 heterocycles. The molecule has 0 aliphatic rings. The average Bonchev–Trinajstić information content (AvgIpc) is 2.47. The number of halogens is 1. The molecule has 1 aromatic heterocycles. The van der Waals surface area contributed by atoms with Gasteiger partial charge in [0.2, 0.25) is 0 Å². The molecule has 1 aromatic carbocycles. The summed E-state index contributed by atoms with van der Waals surface area (Å²) in [6.07, 6.45) is 5.65. The first-order valence-electron chi connectivity index (χ1n) is 7.06. The zero-order valence-electron chi connectivity index (χ0n) is 12.3. The number of pyridine rings is 1. The number of nitrogens with one attached hydrogen (secondary N) is 1. The summed E-state index contributed by atoms with van der Waals surface area (Å²) in [6, 6.07) is 9.66. The highest BCUT2D eigenvalue weighted by molar-refractivity contribution is 6.31. The van der Waals surface area contributed by atoms with E-state index in [9.17, 15) is 0 Å². The SMILES string of the molecule is CC(C)[CH]c1ccc(OCCNc2ccncc2)cc1Cl. The molecule has 3 nitrogen and oxygen atoms in total. The summed E-state index contributed by atoms with van der Waals surface area (Å²) in [7, 11) is 0. The first-order chi connectivity index (χ1) is 10.1. The molecule has 0 spiro atoms. The van der Waals surface area contributed by atoms with Crippen LogP contribution in [0.2, 0.25) is 5.02 Å². The zero-order valence-corrected chi connectivity index (χ0v) is 13.1. The van der Waals surface area contributed by atoms with E-state index in [4.69, 9.17) is 16.3 Å². The van der Waals surface area contributed by atoms with Crippen molar-refractivity contribution in [3.63, 3.8) is 0 Å². The molecule has 0 saturated heterocycles.